The minimum Gasteiger partial charge on any atom is -0.450 e. The largest absolute Gasteiger partial charge is 0.450 e. The van der Waals surface area contributed by atoms with Crippen LogP contribution in [0.15, 0.2) is 30.3 Å². The molecule has 296 valence electrons. The Morgan fingerprint density at radius 3 is 1.83 bits per heavy atom. The normalized spacial score (nSPS) is 19.8. The predicted molar refractivity (Wildman–Crippen MR) is 203 cm³/mol. The Morgan fingerprint density at radius 1 is 0.736 bits per heavy atom. The van der Waals surface area contributed by atoms with Gasteiger partial charge in [-0.2, -0.15) is 0 Å². The third kappa shape index (κ3) is 10.8. The summed E-state index contributed by atoms with van der Waals surface area (Å²) in [6.07, 6.45) is 0.954. The van der Waals surface area contributed by atoms with Gasteiger partial charge in [-0.25, -0.2) is 4.79 Å². The van der Waals surface area contributed by atoms with Crippen LogP contribution in [0.3, 0.4) is 0 Å². The highest BCUT2D eigenvalue weighted by Crippen LogP contribution is 2.28. The average Bonchev–Trinajstić information content (AvgIpc) is 3.78. The van der Waals surface area contributed by atoms with E-state index in [1.165, 1.54) is 9.80 Å². The molecule has 13 heteroatoms. The van der Waals surface area contributed by atoms with Crippen molar-refractivity contribution in [1.82, 2.24) is 30.2 Å². The van der Waals surface area contributed by atoms with Crippen molar-refractivity contribution >= 4 is 35.5 Å². The zero-order valence-corrected chi connectivity index (χ0v) is 33.8. The van der Waals surface area contributed by atoms with Crippen molar-refractivity contribution in [2.24, 2.45) is 23.7 Å². The van der Waals surface area contributed by atoms with Crippen LogP contribution in [0.25, 0.3) is 0 Å². The van der Waals surface area contributed by atoms with Crippen molar-refractivity contribution in [1.29, 1.82) is 0 Å². The molecule has 13 nitrogen and oxygen atoms in total. The van der Waals surface area contributed by atoms with Crippen LogP contribution in [0.2, 0.25) is 0 Å². The molecule has 0 radical (unpaired) electrons. The molecule has 2 saturated heterocycles. The lowest BCUT2D eigenvalue weighted by atomic mass is 9.96. The van der Waals surface area contributed by atoms with Gasteiger partial charge >= 0.3 is 5.97 Å². The standard InChI is InChI=1S/C40H64N6O7/c1-24(2)31(42-35(47)32(25(3)4)43(9)10)38(50)44(11)33(26(5)6)39(51)45-21-15-19-29(45)37(49)46-22-16-20-30(46)40(52)53-34(27(7)8)36(48)41-23-28-17-13-12-14-18-28/h12-14,17-18,24-27,29-34H,15-16,19-23H2,1-11H3,(H,41,48)(H,42,47)/t29-,30-,31-,32-,33-,34-/m0/s1. The van der Waals surface area contributed by atoms with Crippen LogP contribution < -0.4 is 10.6 Å². The molecule has 3 rings (SSSR count). The smallest absolute Gasteiger partial charge is 0.329 e. The molecule has 2 fully saturated rings. The molecule has 6 atom stereocenters. The van der Waals surface area contributed by atoms with Crippen LogP contribution in [0, 0.1) is 23.7 Å². The number of amides is 5. The second-order valence-corrected chi connectivity index (χ2v) is 16.2. The number of nitrogens with zero attached hydrogens (tertiary/aromatic N) is 4. The van der Waals surface area contributed by atoms with Gasteiger partial charge in [-0.1, -0.05) is 85.7 Å². The highest BCUT2D eigenvalue weighted by Gasteiger charge is 2.46. The van der Waals surface area contributed by atoms with E-state index in [9.17, 15) is 28.8 Å². The number of rotatable bonds is 16. The van der Waals surface area contributed by atoms with E-state index in [1.54, 1.807) is 25.8 Å². The Kier molecular flexibility index (Phi) is 15.9. The lowest BCUT2D eigenvalue weighted by molar-refractivity contribution is -0.165. The Morgan fingerprint density at radius 2 is 1.30 bits per heavy atom. The number of likely N-dealkylation sites (N-methyl/N-ethyl adjacent to an activating group) is 2. The van der Waals surface area contributed by atoms with Crippen LogP contribution in [0.4, 0.5) is 0 Å². The summed E-state index contributed by atoms with van der Waals surface area (Å²) < 4.78 is 5.80. The highest BCUT2D eigenvalue weighted by atomic mass is 16.6. The maximum atomic E-state index is 14.4. The van der Waals surface area contributed by atoms with Gasteiger partial charge in [0.25, 0.3) is 5.91 Å². The zero-order chi connectivity index (χ0) is 39.7. The molecule has 2 aliphatic rings. The summed E-state index contributed by atoms with van der Waals surface area (Å²) >= 11 is 0. The fraction of sp³-hybridized carbons (Fsp3) is 0.700. The van der Waals surface area contributed by atoms with Gasteiger partial charge in [0, 0.05) is 26.7 Å². The summed E-state index contributed by atoms with van der Waals surface area (Å²) in [6.45, 7) is 15.9. The van der Waals surface area contributed by atoms with E-state index in [4.69, 9.17) is 4.74 Å². The van der Waals surface area contributed by atoms with Gasteiger partial charge in [0.05, 0.1) is 6.04 Å². The highest BCUT2D eigenvalue weighted by molar-refractivity contribution is 5.96. The number of carbonyl (C=O) groups excluding carboxylic acids is 6. The lowest BCUT2D eigenvalue weighted by Gasteiger charge is -2.38. The van der Waals surface area contributed by atoms with E-state index in [2.05, 4.69) is 10.6 Å². The van der Waals surface area contributed by atoms with E-state index in [0.717, 1.165) is 5.56 Å². The van der Waals surface area contributed by atoms with Gasteiger partial charge in [0.1, 0.15) is 24.2 Å². The molecule has 2 N–H and O–H groups in total. The summed E-state index contributed by atoms with van der Waals surface area (Å²) in [7, 11) is 5.23. The Balaban J connectivity index is 1.75. The fourth-order valence-electron chi connectivity index (χ4n) is 7.65. The molecule has 2 heterocycles. The first-order valence-electron chi connectivity index (χ1n) is 19.2. The van der Waals surface area contributed by atoms with Gasteiger partial charge in [-0.15, -0.1) is 0 Å². The molecular weight excluding hydrogens is 676 g/mol. The lowest BCUT2D eigenvalue weighted by Crippen LogP contribution is -2.61. The molecule has 1 aromatic rings. The van der Waals surface area contributed by atoms with Crippen molar-refractivity contribution in [3.05, 3.63) is 35.9 Å². The van der Waals surface area contributed by atoms with Gasteiger partial charge in [0.2, 0.25) is 23.6 Å². The molecule has 0 spiro atoms. The van der Waals surface area contributed by atoms with Crippen LogP contribution in [-0.4, -0.2) is 126 Å². The molecule has 0 aromatic heterocycles. The quantitative estimate of drug-likeness (QED) is 0.246. The van der Waals surface area contributed by atoms with Crippen molar-refractivity contribution in [3.63, 3.8) is 0 Å². The second kappa shape index (κ2) is 19.4. The molecule has 53 heavy (non-hydrogen) atoms. The number of nitrogens with one attached hydrogen (secondary N) is 2. The van der Waals surface area contributed by atoms with Crippen LogP contribution >= 0.6 is 0 Å². The summed E-state index contributed by atoms with van der Waals surface area (Å²) in [4.78, 5) is 89.0. The molecule has 0 saturated carbocycles. The third-order valence-corrected chi connectivity index (χ3v) is 10.4. The summed E-state index contributed by atoms with van der Waals surface area (Å²) in [5, 5.41) is 5.81. The summed E-state index contributed by atoms with van der Waals surface area (Å²) in [5.41, 5.74) is 0.916. The number of hydrogen-bond acceptors (Lipinski definition) is 8. The molecule has 2 aliphatic heterocycles. The van der Waals surface area contributed by atoms with Gasteiger partial charge in [-0.05, 0) is 69.0 Å². The van der Waals surface area contributed by atoms with Crippen LogP contribution in [0.5, 0.6) is 0 Å². The van der Waals surface area contributed by atoms with Gasteiger partial charge < -0.3 is 30.1 Å². The number of hydrogen-bond donors (Lipinski definition) is 2. The van der Waals surface area contributed by atoms with E-state index in [-0.39, 0.29) is 47.3 Å². The predicted octanol–water partition coefficient (Wildman–Crippen LogP) is 3.06. The Bertz CT molecular complexity index is 1420. The summed E-state index contributed by atoms with van der Waals surface area (Å²) in [6, 6.07) is 5.59. The monoisotopic (exact) mass is 740 g/mol. The van der Waals surface area contributed by atoms with E-state index < -0.39 is 48.2 Å². The first kappa shape index (κ1) is 43.4. The van der Waals surface area contributed by atoms with Crippen LogP contribution in [-0.2, 0) is 40.0 Å². The van der Waals surface area contributed by atoms with Crippen molar-refractivity contribution < 1.29 is 33.5 Å². The minimum atomic E-state index is -1.04. The Hall–Kier alpha value is -4.00. The zero-order valence-electron chi connectivity index (χ0n) is 33.8. The maximum absolute atomic E-state index is 14.4. The summed E-state index contributed by atoms with van der Waals surface area (Å²) in [5.74, 6) is -3.19. The topological polar surface area (TPSA) is 149 Å². The van der Waals surface area contributed by atoms with E-state index >= 15 is 0 Å². The fourth-order valence-corrected chi connectivity index (χ4v) is 7.65. The molecule has 5 amide bonds. The van der Waals surface area contributed by atoms with Crippen LogP contribution in [0.1, 0.15) is 86.6 Å². The van der Waals surface area contributed by atoms with E-state index in [0.29, 0.717) is 45.3 Å². The molecule has 0 bridgehead atoms. The first-order chi connectivity index (χ1) is 24.9. The number of carbonyl (C=O) groups is 6. The molecule has 0 unspecified atom stereocenters. The van der Waals surface area contributed by atoms with Gasteiger partial charge in [-0.3, -0.25) is 28.9 Å². The molecular formula is C40H64N6O7. The molecule has 0 aliphatic carbocycles. The first-order valence-corrected chi connectivity index (χ1v) is 19.2. The average molecular weight is 741 g/mol. The third-order valence-electron chi connectivity index (χ3n) is 10.4. The number of benzene rings is 1. The van der Waals surface area contributed by atoms with Crippen molar-refractivity contribution in [2.75, 3.05) is 34.2 Å². The number of ether oxygens (including phenoxy) is 1. The molecule has 1 aromatic carbocycles. The minimum absolute atomic E-state index is 0.0124. The van der Waals surface area contributed by atoms with Crippen molar-refractivity contribution in [2.45, 2.75) is 124 Å². The second-order valence-electron chi connectivity index (χ2n) is 16.2. The SMILES string of the molecule is CC(C)[C@H](NC(=O)[C@H](C(C)C)N(C)C)C(=O)N(C)[C@H](C(=O)N1CCC[C@H]1C(=O)N1CCC[C@H]1C(=O)O[C@H](C(=O)NCc1ccccc1)C(C)C)C(C)C. The van der Waals surface area contributed by atoms with Gasteiger partial charge in [0.15, 0.2) is 6.10 Å². The number of likely N-dealkylation sites (tertiary alicyclic amines) is 2. The van der Waals surface area contributed by atoms with Crippen molar-refractivity contribution in [3.8, 4) is 0 Å². The van der Waals surface area contributed by atoms with E-state index in [1.807, 2.05) is 90.9 Å². The number of esters is 1. The maximum Gasteiger partial charge on any atom is 0.329 e. The Labute approximate surface area is 316 Å².